The molecule has 0 atom stereocenters. The Morgan fingerprint density at radius 1 is 1.10 bits per heavy atom. The van der Waals surface area contributed by atoms with Crippen molar-refractivity contribution in [2.45, 2.75) is 18.4 Å². The number of hydrogen-bond donors (Lipinski definition) is 2. The van der Waals surface area contributed by atoms with Gasteiger partial charge in [-0.05, 0) is 52.9 Å². The van der Waals surface area contributed by atoms with Crippen LogP contribution in [0.1, 0.15) is 12.8 Å². The number of methoxy groups -OCH3 is 1. The minimum absolute atomic E-state index is 0.158. The first kappa shape index (κ1) is 18.9. The van der Waals surface area contributed by atoms with E-state index in [2.05, 4.69) is 26.2 Å². The Kier molecular flexibility index (Phi) is 5.39. The molecule has 2 N–H and O–H groups in total. The maximum absolute atomic E-state index is 13.2. The van der Waals surface area contributed by atoms with Crippen LogP contribution in [-0.4, -0.2) is 46.4 Å². The number of ether oxygens (including phenoxy) is 2. The Hall–Kier alpha value is -3.46. The summed E-state index contributed by atoms with van der Waals surface area (Å²) < 4.78 is 12.2. The summed E-state index contributed by atoms with van der Waals surface area (Å²) in [5.74, 6) is 0.635. The van der Waals surface area contributed by atoms with Gasteiger partial charge in [0.2, 0.25) is 0 Å². The summed E-state index contributed by atoms with van der Waals surface area (Å²) in [5, 5.41) is 17.7. The Labute approximate surface area is 168 Å². The van der Waals surface area contributed by atoms with Crippen molar-refractivity contribution < 1.29 is 14.3 Å². The molecule has 1 fully saturated rings. The third kappa shape index (κ3) is 4.04. The van der Waals surface area contributed by atoms with Crippen LogP contribution in [0, 0.1) is 0 Å². The van der Waals surface area contributed by atoms with E-state index in [1.165, 1.54) is 11.0 Å². The number of amides is 1. The maximum atomic E-state index is 13.2. The fraction of sp³-hybridized carbons (Fsp3) is 0.300. The number of nitrogens with zero attached hydrogens (tertiary/aromatic N) is 4. The number of aromatic nitrogens is 4. The van der Waals surface area contributed by atoms with Gasteiger partial charge in [0, 0.05) is 43.1 Å². The van der Waals surface area contributed by atoms with Gasteiger partial charge in [-0.1, -0.05) is 6.07 Å². The first-order valence-electron chi connectivity index (χ1n) is 9.33. The molecule has 4 rings (SSSR count). The van der Waals surface area contributed by atoms with Gasteiger partial charge < -0.3 is 20.1 Å². The molecular formula is C20H22N6O3. The Morgan fingerprint density at radius 2 is 1.86 bits per heavy atom. The fourth-order valence-electron chi connectivity index (χ4n) is 3.39. The van der Waals surface area contributed by atoms with Gasteiger partial charge in [0.15, 0.2) is 0 Å². The maximum Gasteiger partial charge on any atom is 0.252 e. The molecule has 1 amide bonds. The minimum Gasteiger partial charge on any atom is -0.497 e. The van der Waals surface area contributed by atoms with Crippen LogP contribution in [0.25, 0.3) is 0 Å². The van der Waals surface area contributed by atoms with Gasteiger partial charge in [-0.3, -0.25) is 4.79 Å². The predicted molar refractivity (Wildman–Crippen MR) is 107 cm³/mol. The molecule has 0 aliphatic carbocycles. The lowest BCUT2D eigenvalue weighted by Crippen LogP contribution is -2.49. The normalized spacial score (nSPS) is 15.5. The van der Waals surface area contributed by atoms with Crippen molar-refractivity contribution in [3.63, 3.8) is 0 Å². The monoisotopic (exact) mass is 394 g/mol. The van der Waals surface area contributed by atoms with Crippen LogP contribution in [0.2, 0.25) is 0 Å². The summed E-state index contributed by atoms with van der Waals surface area (Å²) >= 11 is 0. The van der Waals surface area contributed by atoms with Crippen LogP contribution in [0.5, 0.6) is 5.75 Å². The summed E-state index contributed by atoms with van der Waals surface area (Å²) in [6.45, 7) is 0.957. The molecule has 2 aromatic carbocycles. The zero-order valence-electron chi connectivity index (χ0n) is 16.0. The number of rotatable bonds is 6. The van der Waals surface area contributed by atoms with E-state index in [1.54, 1.807) is 7.11 Å². The van der Waals surface area contributed by atoms with Crippen molar-refractivity contribution >= 4 is 23.0 Å². The number of anilines is 3. The van der Waals surface area contributed by atoms with Crippen LogP contribution in [0.3, 0.4) is 0 Å². The molecule has 0 radical (unpaired) electrons. The highest BCUT2D eigenvalue weighted by molar-refractivity contribution is 5.97. The predicted octanol–water partition coefficient (Wildman–Crippen LogP) is 2.57. The smallest absolute Gasteiger partial charge is 0.252 e. The third-order valence-corrected chi connectivity index (χ3v) is 5.03. The second kappa shape index (κ2) is 8.27. The van der Waals surface area contributed by atoms with Crippen LogP contribution in [0.4, 0.5) is 17.1 Å². The van der Waals surface area contributed by atoms with E-state index in [1.807, 2.05) is 48.5 Å². The Balaban J connectivity index is 1.51. The summed E-state index contributed by atoms with van der Waals surface area (Å²) in [4.78, 5) is 13.2. The van der Waals surface area contributed by atoms with Crippen LogP contribution in [-0.2, 0) is 15.1 Å². The van der Waals surface area contributed by atoms with E-state index in [9.17, 15) is 4.79 Å². The summed E-state index contributed by atoms with van der Waals surface area (Å²) in [5.41, 5.74) is 1.61. The molecule has 0 unspecified atom stereocenters. The average molecular weight is 394 g/mol. The van der Waals surface area contributed by atoms with E-state index in [0.29, 0.717) is 31.7 Å². The molecule has 29 heavy (non-hydrogen) atoms. The molecule has 9 heteroatoms. The zero-order chi connectivity index (χ0) is 20.1. The van der Waals surface area contributed by atoms with Crippen molar-refractivity contribution in [3.05, 3.63) is 54.9 Å². The third-order valence-electron chi connectivity index (χ3n) is 5.03. The van der Waals surface area contributed by atoms with Gasteiger partial charge in [0.05, 0.1) is 7.11 Å². The van der Waals surface area contributed by atoms with Gasteiger partial charge >= 0.3 is 0 Å². The van der Waals surface area contributed by atoms with E-state index >= 15 is 0 Å². The Morgan fingerprint density at radius 3 is 2.55 bits per heavy atom. The van der Waals surface area contributed by atoms with E-state index < -0.39 is 5.54 Å². The highest BCUT2D eigenvalue weighted by Gasteiger charge is 2.43. The largest absolute Gasteiger partial charge is 0.497 e. The molecular weight excluding hydrogens is 372 g/mol. The lowest BCUT2D eigenvalue weighted by Gasteiger charge is -2.34. The van der Waals surface area contributed by atoms with Crippen molar-refractivity contribution in [3.8, 4) is 5.75 Å². The molecule has 1 aliphatic heterocycles. The van der Waals surface area contributed by atoms with Gasteiger partial charge in [-0.15, -0.1) is 5.10 Å². The molecule has 0 spiro atoms. The van der Waals surface area contributed by atoms with Crippen LogP contribution < -0.4 is 15.4 Å². The van der Waals surface area contributed by atoms with Crippen LogP contribution in [0.15, 0.2) is 54.9 Å². The molecule has 150 valence electrons. The molecule has 0 bridgehead atoms. The van der Waals surface area contributed by atoms with Crippen molar-refractivity contribution in [2.75, 3.05) is 31.0 Å². The zero-order valence-corrected chi connectivity index (χ0v) is 16.0. The molecule has 1 saturated heterocycles. The number of tetrazole rings is 1. The number of carbonyl (C=O) groups excluding carboxylic acids is 1. The molecule has 9 nitrogen and oxygen atoms in total. The number of nitrogens with one attached hydrogen (secondary N) is 2. The fourth-order valence-corrected chi connectivity index (χ4v) is 3.39. The highest BCUT2D eigenvalue weighted by Crippen LogP contribution is 2.30. The number of benzene rings is 2. The van der Waals surface area contributed by atoms with Gasteiger partial charge in [-0.2, -0.15) is 0 Å². The van der Waals surface area contributed by atoms with E-state index in [4.69, 9.17) is 9.47 Å². The lowest BCUT2D eigenvalue weighted by atomic mass is 9.89. The molecule has 1 aromatic heterocycles. The first-order chi connectivity index (χ1) is 14.2. The summed E-state index contributed by atoms with van der Waals surface area (Å²) in [7, 11) is 1.63. The van der Waals surface area contributed by atoms with E-state index in [0.717, 1.165) is 17.1 Å². The SMILES string of the molecule is COc1ccc(Nc2cccc(NC(=O)C3(n4cnnn4)CCOCC3)c2)cc1. The topological polar surface area (TPSA) is 103 Å². The molecule has 2 heterocycles. The van der Waals surface area contributed by atoms with Crippen molar-refractivity contribution in [1.29, 1.82) is 0 Å². The number of hydrogen-bond acceptors (Lipinski definition) is 7. The second-order valence-corrected chi connectivity index (χ2v) is 6.79. The van der Waals surface area contributed by atoms with Gasteiger partial charge in [0.25, 0.3) is 5.91 Å². The lowest BCUT2D eigenvalue weighted by molar-refractivity contribution is -0.130. The van der Waals surface area contributed by atoms with Crippen molar-refractivity contribution in [1.82, 2.24) is 20.2 Å². The summed E-state index contributed by atoms with van der Waals surface area (Å²) in [6, 6.07) is 15.2. The van der Waals surface area contributed by atoms with Gasteiger partial charge in [0.1, 0.15) is 17.6 Å². The Bertz CT molecular complexity index is 953. The molecule has 3 aromatic rings. The van der Waals surface area contributed by atoms with E-state index in [-0.39, 0.29) is 5.91 Å². The number of carbonyl (C=O) groups is 1. The molecule has 0 saturated carbocycles. The standard InChI is InChI=1S/C20H22N6O3/c1-28-18-7-5-15(6-8-18)22-16-3-2-4-17(13-16)23-19(27)20(9-11-29-12-10-20)26-14-21-24-25-26/h2-8,13-14,22H,9-12H2,1H3,(H,23,27). The van der Waals surface area contributed by atoms with Crippen LogP contribution >= 0.6 is 0 Å². The average Bonchev–Trinajstić information content (AvgIpc) is 3.30. The second-order valence-electron chi connectivity index (χ2n) is 6.79. The highest BCUT2D eigenvalue weighted by atomic mass is 16.5. The quantitative estimate of drug-likeness (QED) is 0.662. The summed E-state index contributed by atoms with van der Waals surface area (Å²) in [6.07, 6.45) is 2.49. The molecule has 1 aliphatic rings. The van der Waals surface area contributed by atoms with Gasteiger partial charge in [-0.25, -0.2) is 4.68 Å². The first-order valence-corrected chi connectivity index (χ1v) is 9.33. The minimum atomic E-state index is -0.860. The van der Waals surface area contributed by atoms with Crippen molar-refractivity contribution in [2.24, 2.45) is 0 Å².